The number of nitrogens with one attached hydrogen (secondary N) is 2. The minimum atomic E-state index is -4.45. The number of rotatable bonds is 6. The molecule has 6 nitrogen and oxygen atoms in total. The van der Waals surface area contributed by atoms with Crippen LogP contribution in [-0.4, -0.2) is 57.4 Å². The van der Waals surface area contributed by atoms with Crippen molar-refractivity contribution in [2.75, 3.05) is 45.3 Å². The van der Waals surface area contributed by atoms with Gasteiger partial charge in [-0.1, -0.05) is 11.6 Å². The molecule has 0 bridgehead atoms. The molecule has 10 heteroatoms. The third-order valence-electron chi connectivity index (χ3n) is 4.02. The van der Waals surface area contributed by atoms with Gasteiger partial charge in [-0.15, -0.1) is 0 Å². The van der Waals surface area contributed by atoms with Crippen LogP contribution in [0, 0.1) is 0 Å². The largest absolute Gasteiger partial charge is 0.417 e. The number of anilines is 1. The highest BCUT2D eigenvalue weighted by atomic mass is 35.5. The average molecular weight is 394 g/mol. The Kier molecular flexibility index (Phi) is 7.33. The molecule has 0 saturated carbocycles. The predicted octanol–water partition coefficient (Wildman–Crippen LogP) is 2.53. The van der Waals surface area contributed by atoms with Crippen LogP contribution in [0.15, 0.2) is 17.3 Å². The number of alkyl halides is 3. The van der Waals surface area contributed by atoms with Gasteiger partial charge in [-0.05, 0) is 18.9 Å². The summed E-state index contributed by atoms with van der Waals surface area (Å²) in [6.07, 6.45) is -1.97. The molecule has 0 spiro atoms. The van der Waals surface area contributed by atoms with Crippen LogP contribution in [0.25, 0.3) is 0 Å². The molecule has 26 heavy (non-hydrogen) atoms. The number of hydrogen-bond donors (Lipinski definition) is 2. The molecule has 1 unspecified atom stereocenters. The van der Waals surface area contributed by atoms with Crippen LogP contribution in [0.4, 0.5) is 19.0 Å². The minimum Gasteiger partial charge on any atom is -0.385 e. The Balaban J connectivity index is 1.91. The first-order valence-electron chi connectivity index (χ1n) is 8.29. The quantitative estimate of drug-likeness (QED) is 0.442. The second kappa shape index (κ2) is 9.27. The summed E-state index contributed by atoms with van der Waals surface area (Å²) in [6, 6.07) is 1.02. The maximum absolute atomic E-state index is 12.7. The number of aromatic nitrogens is 1. The number of guanidine groups is 1. The van der Waals surface area contributed by atoms with Crippen LogP contribution in [-0.2, 0) is 10.9 Å². The number of aliphatic imine (C=N–C) groups is 1. The molecule has 1 aliphatic rings. The topological polar surface area (TPSA) is 61.8 Å². The normalized spacial score (nSPS) is 18.3. The average Bonchev–Trinajstić information content (AvgIpc) is 3.05. The lowest BCUT2D eigenvalue weighted by molar-refractivity contribution is -0.137. The van der Waals surface area contributed by atoms with E-state index in [9.17, 15) is 13.2 Å². The Hall–Kier alpha value is -1.74. The Labute approximate surface area is 155 Å². The third kappa shape index (κ3) is 5.63. The lowest BCUT2D eigenvalue weighted by atomic mass is 10.2. The molecule has 2 N–H and O–H groups in total. The molecule has 1 aromatic rings. The van der Waals surface area contributed by atoms with Gasteiger partial charge in [-0.25, -0.2) is 4.98 Å². The highest BCUT2D eigenvalue weighted by Gasteiger charge is 2.33. The number of methoxy groups -OCH3 is 1. The molecule has 2 heterocycles. The molecule has 1 aromatic heterocycles. The molecule has 0 aliphatic carbocycles. The van der Waals surface area contributed by atoms with Gasteiger partial charge in [-0.2, -0.15) is 13.2 Å². The fraction of sp³-hybridized carbons (Fsp3) is 0.625. The smallest absolute Gasteiger partial charge is 0.385 e. The molecule has 1 fully saturated rings. The van der Waals surface area contributed by atoms with Gasteiger partial charge >= 0.3 is 6.18 Å². The van der Waals surface area contributed by atoms with Crippen molar-refractivity contribution in [3.8, 4) is 0 Å². The van der Waals surface area contributed by atoms with E-state index < -0.39 is 11.7 Å². The van der Waals surface area contributed by atoms with E-state index >= 15 is 0 Å². The first-order valence-corrected chi connectivity index (χ1v) is 8.66. The predicted molar refractivity (Wildman–Crippen MR) is 95.9 cm³/mol. The minimum absolute atomic E-state index is 0.00236. The molecule has 2 rings (SSSR count). The standard InChI is InChI=1S/C16H23ClF3N5O/c1-21-15(22-5-3-7-26-2)24-12-4-6-25(10-12)14-13(17)8-11(9-23-14)16(18,19)20/h8-9,12H,3-7,10H2,1-2H3,(H2,21,22,24). The zero-order valence-corrected chi connectivity index (χ0v) is 15.5. The van der Waals surface area contributed by atoms with E-state index in [1.807, 2.05) is 4.90 Å². The summed E-state index contributed by atoms with van der Waals surface area (Å²) in [4.78, 5) is 9.96. The van der Waals surface area contributed by atoms with Crippen LogP contribution in [0.1, 0.15) is 18.4 Å². The van der Waals surface area contributed by atoms with Crippen molar-refractivity contribution in [1.29, 1.82) is 0 Å². The summed E-state index contributed by atoms with van der Waals surface area (Å²) >= 11 is 6.02. The zero-order chi connectivity index (χ0) is 19.2. The lowest BCUT2D eigenvalue weighted by Gasteiger charge is -2.21. The van der Waals surface area contributed by atoms with E-state index in [0.717, 1.165) is 31.6 Å². The fourth-order valence-electron chi connectivity index (χ4n) is 2.70. The molecule has 1 aliphatic heterocycles. The first kappa shape index (κ1) is 20.6. The second-order valence-corrected chi connectivity index (χ2v) is 6.36. The van der Waals surface area contributed by atoms with Crippen LogP contribution < -0.4 is 15.5 Å². The number of halogens is 4. The summed E-state index contributed by atoms with van der Waals surface area (Å²) < 4.78 is 43.2. The van der Waals surface area contributed by atoms with E-state index in [4.69, 9.17) is 16.3 Å². The lowest BCUT2D eigenvalue weighted by Crippen LogP contribution is -2.45. The van der Waals surface area contributed by atoms with Gasteiger partial charge in [0.1, 0.15) is 5.82 Å². The number of pyridine rings is 1. The Morgan fingerprint density at radius 2 is 2.27 bits per heavy atom. The summed E-state index contributed by atoms with van der Waals surface area (Å²) in [5, 5.41) is 6.50. The highest BCUT2D eigenvalue weighted by molar-refractivity contribution is 6.33. The van der Waals surface area contributed by atoms with Crippen molar-refractivity contribution < 1.29 is 17.9 Å². The first-order chi connectivity index (χ1) is 12.3. The molecular formula is C16H23ClF3N5O. The summed E-state index contributed by atoms with van der Waals surface area (Å²) in [5.41, 5.74) is -0.846. The van der Waals surface area contributed by atoms with Gasteiger partial charge in [0.05, 0.1) is 10.6 Å². The maximum atomic E-state index is 12.7. The number of nitrogens with zero attached hydrogens (tertiary/aromatic N) is 3. The van der Waals surface area contributed by atoms with Gasteiger partial charge in [0.2, 0.25) is 0 Å². The van der Waals surface area contributed by atoms with Gasteiger partial charge in [0.15, 0.2) is 5.96 Å². The van der Waals surface area contributed by atoms with Crippen molar-refractivity contribution in [3.63, 3.8) is 0 Å². The Morgan fingerprint density at radius 1 is 1.50 bits per heavy atom. The summed E-state index contributed by atoms with van der Waals surface area (Å²) in [6.45, 7) is 2.63. The molecule has 1 atom stereocenters. The molecule has 0 amide bonds. The molecule has 146 valence electrons. The Morgan fingerprint density at radius 3 is 2.88 bits per heavy atom. The van der Waals surface area contributed by atoms with Crippen molar-refractivity contribution in [1.82, 2.24) is 15.6 Å². The fourth-order valence-corrected chi connectivity index (χ4v) is 2.99. The monoisotopic (exact) mass is 393 g/mol. The van der Waals surface area contributed by atoms with Crippen LogP contribution in [0.2, 0.25) is 5.02 Å². The van der Waals surface area contributed by atoms with Crippen LogP contribution in [0.5, 0.6) is 0 Å². The summed E-state index contributed by atoms with van der Waals surface area (Å²) in [7, 11) is 3.34. The molecule has 1 saturated heterocycles. The van der Waals surface area contributed by atoms with Crippen molar-refractivity contribution in [3.05, 3.63) is 22.8 Å². The van der Waals surface area contributed by atoms with E-state index in [2.05, 4.69) is 20.6 Å². The van der Waals surface area contributed by atoms with Gasteiger partial charge < -0.3 is 20.3 Å². The van der Waals surface area contributed by atoms with Crippen molar-refractivity contribution in [2.45, 2.75) is 25.1 Å². The van der Waals surface area contributed by atoms with Gasteiger partial charge in [0.25, 0.3) is 0 Å². The van der Waals surface area contributed by atoms with Crippen molar-refractivity contribution in [2.24, 2.45) is 4.99 Å². The maximum Gasteiger partial charge on any atom is 0.417 e. The van der Waals surface area contributed by atoms with E-state index in [0.29, 0.717) is 31.5 Å². The number of ether oxygens (including phenoxy) is 1. The van der Waals surface area contributed by atoms with E-state index in [-0.39, 0.29) is 11.1 Å². The van der Waals surface area contributed by atoms with Gasteiger partial charge in [-0.3, -0.25) is 4.99 Å². The van der Waals surface area contributed by atoms with Gasteiger partial charge in [0, 0.05) is 52.6 Å². The van der Waals surface area contributed by atoms with E-state index in [1.54, 1.807) is 14.2 Å². The number of hydrogen-bond acceptors (Lipinski definition) is 4. The molecule has 0 radical (unpaired) electrons. The van der Waals surface area contributed by atoms with E-state index in [1.165, 1.54) is 0 Å². The second-order valence-electron chi connectivity index (χ2n) is 5.95. The zero-order valence-electron chi connectivity index (χ0n) is 14.7. The Bertz CT molecular complexity index is 626. The van der Waals surface area contributed by atoms with Crippen molar-refractivity contribution >= 4 is 23.4 Å². The summed E-state index contributed by atoms with van der Waals surface area (Å²) in [5.74, 6) is 1.05. The highest BCUT2D eigenvalue weighted by Crippen LogP contribution is 2.34. The third-order valence-corrected chi connectivity index (χ3v) is 4.30. The van der Waals surface area contributed by atoms with Crippen LogP contribution >= 0.6 is 11.6 Å². The molecular weight excluding hydrogens is 371 g/mol. The molecule has 0 aromatic carbocycles. The SMILES string of the molecule is CN=C(NCCCOC)NC1CCN(c2ncc(C(F)(F)F)cc2Cl)C1. The van der Waals surface area contributed by atoms with Crippen LogP contribution in [0.3, 0.4) is 0 Å².